The third-order valence-corrected chi connectivity index (χ3v) is 6.34. The molecule has 7 heteroatoms. The van der Waals surface area contributed by atoms with Crippen molar-refractivity contribution in [1.29, 1.82) is 0 Å². The number of aliphatic hydroxyl groups is 1. The lowest BCUT2D eigenvalue weighted by atomic mass is 10.0. The standard InChI is InChI=1S/C27H32N4O3/c1-20-11-12-24(34-20)18-31-26-10-6-5-9-25(26)29-27(31)28-21-13-15-30(16-14-21)17-22(32)19-33-23-7-3-2-4-8-23/h2-12,21-22,32H,13-19H2,1H3,(H,28,29). The minimum absolute atomic E-state index is 0.304. The van der Waals surface area contributed by atoms with E-state index in [0.29, 0.717) is 25.7 Å². The average Bonchev–Trinajstić information content (AvgIpc) is 3.43. The lowest BCUT2D eigenvalue weighted by Crippen LogP contribution is -2.43. The summed E-state index contributed by atoms with van der Waals surface area (Å²) >= 11 is 0. The number of benzene rings is 2. The number of rotatable bonds is 9. The van der Waals surface area contributed by atoms with Crippen LogP contribution in [0, 0.1) is 6.92 Å². The minimum Gasteiger partial charge on any atom is -0.491 e. The molecular weight excluding hydrogens is 428 g/mol. The second-order valence-electron chi connectivity index (χ2n) is 9.02. The number of aryl methyl sites for hydroxylation is 1. The van der Waals surface area contributed by atoms with Crippen LogP contribution in [0.4, 0.5) is 5.95 Å². The molecule has 1 saturated heterocycles. The molecule has 2 N–H and O–H groups in total. The zero-order valence-electron chi connectivity index (χ0n) is 19.6. The molecule has 0 saturated carbocycles. The highest BCUT2D eigenvalue weighted by atomic mass is 16.5. The first-order valence-electron chi connectivity index (χ1n) is 12.0. The Bertz CT molecular complexity index is 1200. The van der Waals surface area contributed by atoms with Crippen LogP contribution in [0.15, 0.2) is 71.1 Å². The number of ether oxygens (including phenoxy) is 1. The van der Waals surface area contributed by atoms with E-state index in [1.165, 1.54) is 0 Å². The summed E-state index contributed by atoms with van der Waals surface area (Å²) in [4.78, 5) is 7.18. The van der Waals surface area contributed by atoms with Crippen LogP contribution >= 0.6 is 0 Å². The molecular formula is C27H32N4O3. The third kappa shape index (κ3) is 5.43. The van der Waals surface area contributed by atoms with Crippen molar-refractivity contribution in [2.45, 2.75) is 38.5 Å². The number of piperidine rings is 1. The number of nitrogens with one attached hydrogen (secondary N) is 1. The van der Waals surface area contributed by atoms with E-state index >= 15 is 0 Å². The predicted molar refractivity (Wildman–Crippen MR) is 133 cm³/mol. The van der Waals surface area contributed by atoms with E-state index in [9.17, 15) is 5.11 Å². The van der Waals surface area contributed by atoms with Crippen molar-refractivity contribution in [1.82, 2.24) is 14.5 Å². The van der Waals surface area contributed by atoms with E-state index in [2.05, 4.69) is 20.9 Å². The first kappa shape index (κ1) is 22.5. The zero-order valence-corrected chi connectivity index (χ0v) is 19.6. The topological polar surface area (TPSA) is 75.7 Å². The van der Waals surface area contributed by atoms with Gasteiger partial charge in [0.15, 0.2) is 0 Å². The molecule has 1 aliphatic heterocycles. The van der Waals surface area contributed by atoms with E-state index in [-0.39, 0.29) is 0 Å². The van der Waals surface area contributed by atoms with Crippen LogP contribution in [0.2, 0.25) is 0 Å². The number of nitrogens with zero attached hydrogens (tertiary/aromatic N) is 3. The molecule has 178 valence electrons. The lowest BCUT2D eigenvalue weighted by molar-refractivity contribution is 0.0604. The Labute approximate surface area is 200 Å². The van der Waals surface area contributed by atoms with Crippen molar-refractivity contribution in [3.63, 3.8) is 0 Å². The van der Waals surface area contributed by atoms with Crippen LogP contribution in [-0.2, 0) is 6.54 Å². The fourth-order valence-electron chi connectivity index (χ4n) is 4.57. The van der Waals surface area contributed by atoms with Gasteiger partial charge in [-0.15, -0.1) is 0 Å². The van der Waals surface area contributed by atoms with Gasteiger partial charge in [0, 0.05) is 25.7 Å². The van der Waals surface area contributed by atoms with Crippen molar-refractivity contribution in [2.24, 2.45) is 0 Å². The Hall–Kier alpha value is -3.29. The molecule has 2 aromatic carbocycles. The molecule has 2 aromatic heterocycles. The molecule has 5 rings (SSSR count). The molecule has 34 heavy (non-hydrogen) atoms. The van der Waals surface area contributed by atoms with Crippen LogP contribution in [0.25, 0.3) is 11.0 Å². The highest BCUT2D eigenvalue weighted by Gasteiger charge is 2.23. The Morgan fingerprint density at radius 1 is 1.06 bits per heavy atom. The summed E-state index contributed by atoms with van der Waals surface area (Å²) in [5, 5.41) is 14.1. The lowest BCUT2D eigenvalue weighted by Gasteiger charge is -2.33. The van der Waals surface area contributed by atoms with Gasteiger partial charge in [-0.2, -0.15) is 0 Å². The number of imidazole rings is 1. The van der Waals surface area contributed by atoms with E-state index in [1.807, 2.05) is 67.6 Å². The summed E-state index contributed by atoms with van der Waals surface area (Å²) < 4.78 is 13.7. The van der Waals surface area contributed by atoms with Crippen molar-refractivity contribution in [3.05, 3.63) is 78.3 Å². The highest BCUT2D eigenvalue weighted by Crippen LogP contribution is 2.24. The molecule has 7 nitrogen and oxygen atoms in total. The number of furan rings is 1. The second-order valence-corrected chi connectivity index (χ2v) is 9.02. The number of para-hydroxylation sites is 3. The number of hydrogen-bond acceptors (Lipinski definition) is 6. The van der Waals surface area contributed by atoms with Crippen LogP contribution < -0.4 is 10.1 Å². The quantitative estimate of drug-likeness (QED) is 0.388. The fourth-order valence-corrected chi connectivity index (χ4v) is 4.57. The van der Waals surface area contributed by atoms with Gasteiger partial charge >= 0.3 is 0 Å². The van der Waals surface area contributed by atoms with Gasteiger partial charge in [0.05, 0.1) is 17.6 Å². The summed E-state index contributed by atoms with van der Waals surface area (Å²) in [5.74, 6) is 3.50. The van der Waals surface area contributed by atoms with Crippen molar-refractivity contribution in [2.75, 3.05) is 31.6 Å². The number of hydrogen-bond donors (Lipinski definition) is 2. The van der Waals surface area contributed by atoms with Crippen LogP contribution in [0.1, 0.15) is 24.4 Å². The van der Waals surface area contributed by atoms with E-state index < -0.39 is 6.10 Å². The summed E-state index contributed by atoms with van der Waals surface area (Å²) in [6.07, 6.45) is 1.48. The van der Waals surface area contributed by atoms with E-state index in [4.69, 9.17) is 14.1 Å². The third-order valence-electron chi connectivity index (χ3n) is 6.34. The molecule has 0 bridgehead atoms. The molecule has 3 heterocycles. The molecule has 1 fully saturated rings. The van der Waals surface area contributed by atoms with Gasteiger partial charge in [-0.05, 0) is 56.2 Å². The van der Waals surface area contributed by atoms with Gasteiger partial charge < -0.3 is 29.0 Å². The molecule has 1 aliphatic rings. The number of β-amino-alcohol motifs (C(OH)–C–C–N with tert-alkyl or cyclic N) is 1. The van der Waals surface area contributed by atoms with Gasteiger partial charge in [0.25, 0.3) is 0 Å². The summed E-state index contributed by atoms with van der Waals surface area (Å²) in [7, 11) is 0. The SMILES string of the molecule is Cc1ccc(Cn2c(NC3CCN(CC(O)COc4ccccc4)CC3)nc3ccccc32)o1. The number of aromatic nitrogens is 2. The van der Waals surface area contributed by atoms with Gasteiger partial charge in [-0.1, -0.05) is 30.3 Å². The molecule has 0 amide bonds. The van der Waals surface area contributed by atoms with Gasteiger partial charge in [0.1, 0.15) is 30.0 Å². The maximum Gasteiger partial charge on any atom is 0.204 e. The smallest absolute Gasteiger partial charge is 0.204 e. The van der Waals surface area contributed by atoms with E-state index in [0.717, 1.165) is 60.2 Å². The molecule has 1 atom stereocenters. The van der Waals surface area contributed by atoms with Crippen molar-refractivity contribution < 1.29 is 14.3 Å². The van der Waals surface area contributed by atoms with Gasteiger partial charge in [-0.3, -0.25) is 0 Å². The number of likely N-dealkylation sites (tertiary alicyclic amines) is 1. The monoisotopic (exact) mass is 460 g/mol. The average molecular weight is 461 g/mol. The normalized spacial score (nSPS) is 16.1. The minimum atomic E-state index is -0.509. The molecule has 4 aromatic rings. The van der Waals surface area contributed by atoms with Crippen LogP contribution in [0.5, 0.6) is 5.75 Å². The molecule has 0 spiro atoms. The molecule has 1 unspecified atom stereocenters. The fraction of sp³-hybridized carbons (Fsp3) is 0.370. The number of anilines is 1. The second kappa shape index (κ2) is 10.3. The Morgan fingerprint density at radius 3 is 2.59 bits per heavy atom. The van der Waals surface area contributed by atoms with Crippen molar-refractivity contribution in [3.8, 4) is 5.75 Å². The Balaban J connectivity index is 1.17. The first-order chi connectivity index (χ1) is 16.6. The Morgan fingerprint density at radius 2 is 1.82 bits per heavy atom. The number of aliphatic hydroxyl groups excluding tert-OH is 1. The van der Waals surface area contributed by atoms with Crippen LogP contribution in [0.3, 0.4) is 0 Å². The largest absolute Gasteiger partial charge is 0.491 e. The Kier molecular flexibility index (Phi) is 6.83. The van der Waals surface area contributed by atoms with Crippen molar-refractivity contribution >= 4 is 17.0 Å². The summed E-state index contributed by atoms with van der Waals surface area (Å²) in [5.41, 5.74) is 2.07. The zero-order chi connectivity index (χ0) is 23.3. The van der Waals surface area contributed by atoms with Crippen LogP contribution in [-0.4, -0.2) is 57.9 Å². The molecule has 0 aliphatic carbocycles. The first-order valence-corrected chi connectivity index (χ1v) is 12.0. The number of fused-ring (bicyclic) bond motifs is 1. The van der Waals surface area contributed by atoms with E-state index in [1.54, 1.807) is 0 Å². The van der Waals surface area contributed by atoms with Gasteiger partial charge in [0.2, 0.25) is 5.95 Å². The van der Waals surface area contributed by atoms with Gasteiger partial charge in [-0.25, -0.2) is 4.98 Å². The maximum atomic E-state index is 10.4. The summed E-state index contributed by atoms with van der Waals surface area (Å²) in [6.45, 7) is 5.39. The maximum absolute atomic E-state index is 10.4. The highest BCUT2D eigenvalue weighted by molar-refractivity contribution is 5.78. The molecule has 0 radical (unpaired) electrons. The predicted octanol–water partition coefficient (Wildman–Crippen LogP) is 4.30. The summed E-state index contributed by atoms with van der Waals surface area (Å²) in [6, 6.07) is 22.2.